The van der Waals surface area contributed by atoms with Crippen LogP contribution in [-0.2, 0) is 13.0 Å². The zero-order valence-corrected chi connectivity index (χ0v) is 11.3. The van der Waals surface area contributed by atoms with Crippen molar-refractivity contribution in [3.63, 3.8) is 0 Å². The number of hydrogen-bond acceptors (Lipinski definition) is 4. The first kappa shape index (κ1) is 13.3. The summed E-state index contributed by atoms with van der Waals surface area (Å²) in [6, 6.07) is 7.59. The molecule has 6 heteroatoms. The van der Waals surface area contributed by atoms with Crippen LogP contribution in [0.5, 0.6) is 0 Å². The van der Waals surface area contributed by atoms with Crippen LogP contribution in [0.25, 0.3) is 0 Å². The van der Waals surface area contributed by atoms with Gasteiger partial charge in [0, 0.05) is 18.2 Å². The Morgan fingerprint density at radius 3 is 3.05 bits per heavy atom. The van der Waals surface area contributed by atoms with Crippen molar-refractivity contribution < 1.29 is 4.39 Å². The van der Waals surface area contributed by atoms with Crippen LogP contribution in [0.3, 0.4) is 0 Å². The van der Waals surface area contributed by atoms with Crippen molar-refractivity contribution in [2.24, 2.45) is 0 Å². The van der Waals surface area contributed by atoms with Gasteiger partial charge in [0.15, 0.2) is 0 Å². The number of nitrogens with one attached hydrogen (secondary N) is 1. The molecular weight excluding hydrogens is 271 g/mol. The summed E-state index contributed by atoms with van der Waals surface area (Å²) >= 11 is 0. The molecule has 0 atom stereocenters. The Hall–Kier alpha value is -2.68. The van der Waals surface area contributed by atoms with Crippen molar-refractivity contribution in [2.45, 2.75) is 19.4 Å². The summed E-state index contributed by atoms with van der Waals surface area (Å²) in [7, 11) is 0. The van der Waals surface area contributed by atoms with Gasteiger partial charge in [0.2, 0.25) is 0 Å². The average molecular weight is 284 g/mol. The first-order chi connectivity index (χ1) is 10.2. The highest BCUT2D eigenvalue weighted by molar-refractivity contribution is 5.48. The molecule has 0 spiro atoms. The number of benzene rings is 1. The van der Waals surface area contributed by atoms with E-state index in [0.29, 0.717) is 5.56 Å². The van der Waals surface area contributed by atoms with E-state index >= 15 is 0 Å². The van der Waals surface area contributed by atoms with Crippen molar-refractivity contribution in [3.05, 3.63) is 57.3 Å². The van der Waals surface area contributed by atoms with Crippen LogP contribution in [0, 0.1) is 17.1 Å². The lowest BCUT2D eigenvalue weighted by Crippen LogP contribution is -2.27. The summed E-state index contributed by atoms with van der Waals surface area (Å²) in [6.07, 6.45) is 1.77. The SMILES string of the molecule is N#Cc1ccc(Cn2nc3c(cc2=O)NCCC3)c(F)c1. The third-order valence-electron chi connectivity index (χ3n) is 3.48. The summed E-state index contributed by atoms with van der Waals surface area (Å²) in [5, 5.41) is 16.2. The van der Waals surface area contributed by atoms with Gasteiger partial charge < -0.3 is 5.32 Å². The lowest BCUT2D eigenvalue weighted by Gasteiger charge is -2.17. The van der Waals surface area contributed by atoms with E-state index in [-0.39, 0.29) is 17.7 Å². The fraction of sp³-hybridized carbons (Fsp3) is 0.267. The number of hydrogen-bond donors (Lipinski definition) is 1. The highest BCUT2D eigenvalue weighted by atomic mass is 19.1. The number of aromatic nitrogens is 2. The standard InChI is InChI=1S/C15H13FN4O/c16-12-6-10(8-17)3-4-11(12)9-20-15(21)7-14-13(19-20)2-1-5-18-14/h3-4,6-7,18H,1-2,5,9H2. The number of anilines is 1. The predicted octanol–water partition coefficient (Wildman–Crippen LogP) is 1.66. The summed E-state index contributed by atoms with van der Waals surface area (Å²) < 4.78 is 15.1. The van der Waals surface area contributed by atoms with Gasteiger partial charge in [-0.05, 0) is 25.0 Å². The molecule has 2 aromatic rings. The Kier molecular flexibility index (Phi) is 3.40. The fourth-order valence-corrected chi connectivity index (χ4v) is 2.37. The Bertz CT molecular complexity index is 791. The molecule has 1 aromatic heterocycles. The quantitative estimate of drug-likeness (QED) is 0.910. The molecule has 2 heterocycles. The van der Waals surface area contributed by atoms with E-state index in [1.54, 1.807) is 0 Å². The molecular formula is C15H13FN4O. The molecule has 106 valence electrons. The highest BCUT2D eigenvalue weighted by Crippen LogP contribution is 2.17. The van der Waals surface area contributed by atoms with E-state index in [0.717, 1.165) is 30.8 Å². The molecule has 0 saturated carbocycles. The monoisotopic (exact) mass is 284 g/mol. The molecule has 0 unspecified atom stereocenters. The molecule has 1 aliphatic heterocycles. The van der Waals surface area contributed by atoms with Crippen LogP contribution >= 0.6 is 0 Å². The number of halogens is 1. The van der Waals surface area contributed by atoms with E-state index in [2.05, 4.69) is 10.4 Å². The fourth-order valence-electron chi connectivity index (χ4n) is 2.37. The number of fused-ring (bicyclic) bond motifs is 1. The van der Waals surface area contributed by atoms with Crippen LogP contribution in [0.15, 0.2) is 29.1 Å². The van der Waals surface area contributed by atoms with Gasteiger partial charge in [0.1, 0.15) is 5.82 Å². The van der Waals surface area contributed by atoms with Crippen molar-refractivity contribution in [3.8, 4) is 6.07 Å². The summed E-state index contributed by atoms with van der Waals surface area (Å²) in [5.41, 5.74) is 1.92. The minimum Gasteiger partial charge on any atom is -0.383 e. The van der Waals surface area contributed by atoms with Gasteiger partial charge in [0.05, 0.1) is 29.6 Å². The number of nitrogens with zero attached hydrogens (tertiary/aromatic N) is 3. The largest absolute Gasteiger partial charge is 0.383 e. The van der Waals surface area contributed by atoms with Crippen LogP contribution in [-0.4, -0.2) is 16.3 Å². The first-order valence-electron chi connectivity index (χ1n) is 6.71. The third kappa shape index (κ3) is 2.63. The molecule has 5 nitrogen and oxygen atoms in total. The second-order valence-electron chi connectivity index (χ2n) is 4.95. The number of rotatable bonds is 2. The molecule has 21 heavy (non-hydrogen) atoms. The van der Waals surface area contributed by atoms with E-state index < -0.39 is 5.82 Å². The maximum absolute atomic E-state index is 13.9. The molecule has 0 saturated heterocycles. The third-order valence-corrected chi connectivity index (χ3v) is 3.48. The topological polar surface area (TPSA) is 70.7 Å². The molecule has 3 rings (SSSR count). The van der Waals surface area contributed by atoms with E-state index in [4.69, 9.17) is 5.26 Å². The maximum atomic E-state index is 13.9. The van der Waals surface area contributed by atoms with Crippen LogP contribution in [0.1, 0.15) is 23.2 Å². The molecule has 0 radical (unpaired) electrons. The van der Waals surface area contributed by atoms with Crippen LogP contribution in [0.4, 0.5) is 10.1 Å². The lowest BCUT2D eigenvalue weighted by molar-refractivity contribution is 0.562. The molecule has 1 aromatic carbocycles. The summed E-state index contributed by atoms with van der Waals surface area (Å²) in [4.78, 5) is 12.0. The van der Waals surface area contributed by atoms with Gasteiger partial charge in [-0.1, -0.05) is 6.07 Å². The Balaban J connectivity index is 1.95. The zero-order chi connectivity index (χ0) is 14.8. The van der Waals surface area contributed by atoms with E-state index in [1.165, 1.54) is 28.9 Å². The number of aryl methyl sites for hydroxylation is 1. The predicted molar refractivity (Wildman–Crippen MR) is 75.5 cm³/mol. The van der Waals surface area contributed by atoms with Gasteiger partial charge in [-0.25, -0.2) is 9.07 Å². The molecule has 0 aliphatic carbocycles. The first-order valence-corrected chi connectivity index (χ1v) is 6.71. The minimum atomic E-state index is -0.501. The number of nitriles is 1. The maximum Gasteiger partial charge on any atom is 0.269 e. The molecule has 0 fully saturated rings. The van der Waals surface area contributed by atoms with Gasteiger partial charge in [-0.2, -0.15) is 10.4 Å². The minimum absolute atomic E-state index is 0.0592. The molecule has 1 aliphatic rings. The molecule has 0 amide bonds. The van der Waals surface area contributed by atoms with Crippen molar-refractivity contribution in [2.75, 3.05) is 11.9 Å². The Labute approximate surface area is 120 Å². The van der Waals surface area contributed by atoms with E-state index in [1.807, 2.05) is 6.07 Å². The second kappa shape index (κ2) is 5.37. The highest BCUT2D eigenvalue weighted by Gasteiger charge is 2.14. The van der Waals surface area contributed by atoms with E-state index in [9.17, 15) is 9.18 Å². The second-order valence-corrected chi connectivity index (χ2v) is 4.95. The normalized spacial score (nSPS) is 13.1. The molecule has 1 N–H and O–H groups in total. The molecule has 0 bridgehead atoms. The zero-order valence-electron chi connectivity index (χ0n) is 11.3. The van der Waals surface area contributed by atoms with Crippen molar-refractivity contribution >= 4 is 5.69 Å². The Morgan fingerprint density at radius 2 is 2.29 bits per heavy atom. The lowest BCUT2D eigenvalue weighted by atomic mass is 10.1. The smallest absolute Gasteiger partial charge is 0.269 e. The van der Waals surface area contributed by atoms with Crippen molar-refractivity contribution in [1.29, 1.82) is 5.26 Å². The van der Waals surface area contributed by atoms with Crippen LogP contribution < -0.4 is 10.9 Å². The average Bonchev–Trinajstić information content (AvgIpc) is 2.49. The van der Waals surface area contributed by atoms with Gasteiger partial charge >= 0.3 is 0 Å². The van der Waals surface area contributed by atoms with Gasteiger partial charge in [-0.3, -0.25) is 4.79 Å². The van der Waals surface area contributed by atoms with Crippen molar-refractivity contribution in [1.82, 2.24) is 9.78 Å². The Morgan fingerprint density at radius 1 is 1.43 bits per heavy atom. The summed E-state index contributed by atoms with van der Waals surface area (Å²) in [6.45, 7) is 0.895. The van der Waals surface area contributed by atoms with Crippen LogP contribution in [0.2, 0.25) is 0 Å². The van der Waals surface area contributed by atoms with Gasteiger partial charge in [-0.15, -0.1) is 0 Å². The van der Waals surface area contributed by atoms with Gasteiger partial charge in [0.25, 0.3) is 5.56 Å². The summed E-state index contributed by atoms with van der Waals surface area (Å²) in [5.74, 6) is -0.501.